The molecule has 0 radical (unpaired) electrons. The van der Waals surface area contributed by atoms with Gasteiger partial charge in [0.1, 0.15) is 18.1 Å². The topological polar surface area (TPSA) is 84.1 Å². The molecule has 3 aromatic heterocycles. The molecule has 6 nitrogen and oxygen atoms in total. The molecular weight excluding hydrogens is 412 g/mol. The van der Waals surface area contributed by atoms with Crippen LogP contribution in [0.5, 0.6) is 0 Å². The third-order valence-electron chi connectivity index (χ3n) is 7.72. The summed E-state index contributed by atoms with van der Waals surface area (Å²) in [6.07, 6.45) is 12.2. The molecule has 0 aliphatic heterocycles. The van der Waals surface area contributed by atoms with Crippen LogP contribution in [0.25, 0.3) is 21.9 Å². The molecule has 170 valence electrons. The predicted octanol–water partition coefficient (Wildman–Crippen LogP) is 4.16. The summed E-state index contributed by atoms with van der Waals surface area (Å²) < 4.78 is 2.00. The summed E-state index contributed by atoms with van der Waals surface area (Å²) in [7, 11) is 0. The molecule has 2 aliphatic rings. The number of benzene rings is 1. The molecule has 1 aromatic carbocycles. The van der Waals surface area contributed by atoms with Gasteiger partial charge in [0, 0.05) is 28.9 Å². The molecule has 0 amide bonds. The Hall–Kier alpha value is -2.83. The average Bonchev–Trinajstić information content (AvgIpc) is 3.28. The Morgan fingerprint density at radius 1 is 0.970 bits per heavy atom. The number of aliphatic hydroxyl groups is 2. The van der Waals surface area contributed by atoms with E-state index in [2.05, 4.69) is 34.2 Å². The summed E-state index contributed by atoms with van der Waals surface area (Å²) in [6, 6.07) is 10.7. The summed E-state index contributed by atoms with van der Waals surface area (Å²) in [5, 5.41) is 23.8. The Bertz CT molecular complexity index is 1300. The van der Waals surface area contributed by atoms with Crippen LogP contribution in [-0.2, 0) is 19.3 Å². The molecule has 0 unspecified atom stereocenters. The summed E-state index contributed by atoms with van der Waals surface area (Å²) in [4.78, 5) is 13.5. The third-order valence-corrected chi connectivity index (χ3v) is 7.72. The van der Waals surface area contributed by atoms with Crippen molar-refractivity contribution in [2.45, 2.75) is 69.6 Å². The van der Waals surface area contributed by atoms with E-state index in [-0.39, 0.29) is 12.0 Å². The predicted molar refractivity (Wildman–Crippen MR) is 128 cm³/mol. The van der Waals surface area contributed by atoms with Gasteiger partial charge < -0.3 is 14.8 Å². The van der Waals surface area contributed by atoms with Crippen molar-refractivity contribution >= 4 is 21.9 Å². The van der Waals surface area contributed by atoms with Crippen molar-refractivity contribution < 1.29 is 10.2 Å². The fourth-order valence-electron chi connectivity index (χ4n) is 5.85. The van der Waals surface area contributed by atoms with Crippen LogP contribution in [0.4, 0.5) is 0 Å². The van der Waals surface area contributed by atoms with Crippen molar-refractivity contribution in [1.82, 2.24) is 19.5 Å². The first kappa shape index (κ1) is 20.8. The van der Waals surface area contributed by atoms with Crippen LogP contribution in [0.15, 0.2) is 49.1 Å². The molecule has 2 N–H and O–H groups in total. The van der Waals surface area contributed by atoms with Gasteiger partial charge in [-0.15, -0.1) is 0 Å². The van der Waals surface area contributed by atoms with E-state index in [0.717, 1.165) is 48.7 Å². The van der Waals surface area contributed by atoms with E-state index >= 15 is 0 Å². The number of nitrogens with zero attached hydrogens (tertiary/aromatic N) is 4. The molecule has 1 fully saturated rings. The highest BCUT2D eigenvalue weighted by Crippen LogP contribution is 2.39. The highest BCUT2D eigenvalue weighted by molar-refractivity contribution is 5.80. The monoisotopic (exact) mass is 442 g/mol. The van der Waals surface area contributed by atoms with Gasteiger partial charge in [0.15, 0.2) is 0 Å². The van der Waals surface area contributed by atoms with Crippen LogP contribution in [0, 0.1) is 5.92 Å². The zero-order chi connectivity index (χ0) is 22.4. The number of aryl methyl sites for hydroxylation is 3. The normalized spacial score (nSPS) is 25.4. The number of rotatable bonds is 4. The number of pyridine rings is 1. The zero-order valence-corrected chi connectivity index (χ0v) is 18.8. The average molecular weight is 443 g/mol. The molecule has 4 atom stereocenters. The first-order valence-corrected chi connectivity index (χ1v) is 12.2. The molecule has 2 aliphatic carbocycles. The lowest BCUT2D eigenvalue weighted by atomic mass is 9.95. The second-order valence-electron chi connectivity index (χ2n) is 9.79. The van der Waals surface area contributed by atoms with Gasteiger partial charge in [0.05, 0.1) is 17.7 Å². The Labute approximate surface area is 193 Å². The van der Waals surface area contributed by atoms with Crippen LogP contribution in [-0.4, -0.2) is 41.9 Å². The first-order valence-electron chi connectivity index (χ1n) is 12.2. The van der Waals surface area contributed by atoms with Gasteiger partial charge in [-0.3, -0.25) is 4.98 Å². The highest BCUT2D eigenvalue weighted by Gasteiger charge is 2.42. The van der Waals surface area contributed by atoms with Gasteiger partial charge in [-0.05, 0) is 80.2 Å². The molecule has 3 heterocycles. The van der Waals surface area contributed by atoms with Crippen LogP contribution in [0.3, 0.4) is 0 Å². The van der Waals surface area contributed by atoms with Gasteiger partial charge in [-0.2, -0.15) is 0 Å². The fourth-order valence-corrected chi connectivity index (χ4v) is 5.85. The molecule has 0 saturated heterocycles. The van der Waals surface area contributed by atoms with E-state index in [9.17, 15) is 10.2 Å². The lowest BCUT2D eigenvalue weighted by Crippen LogP contribution is -2.29. The zero-order valence-electron chi connectivity index (χ0n) is 18.8. The smallest absolute Gasteiger partial charge is 0.143 e. The van der Waals surface area contributed by atoms with Gasteiger partial charge in [0.25, 0.3) is 0 Å². The Kier molecular flexibility index (Phi) is 5.35. The van der Waals surface area contributed by atoms with Gasteiger partial charge in [-0.25, -0.2) is 9.97 Å². The van der Waals surface area contributed by atoms with Crippen LogP contribution < -0.4 is 0 Å². The number of fused-ring (bicyclic) bond motifs is 3. The minimum Gasteiger partial charge on any atom is -0.390 e. The SMILES string of the molecule is O[C@@H]1[C@@H](CCc2ccc3cc4c(nc3c2)CCCCC4)C[C@@H](n2ccc3cncnc32)[C@@H]1O. The largest absolute Gasteiger partial charge is 0.390 e. The van der Waals surface area contributed by atoms with E-state index < -0.39 is 12.2 Å². The molecular formula is C27H30N4O2. The highest BCUT2D eigenvalue weighted by atomic mass is 16.3. The van der Waals surface area contributed by atoms with E-state index in [1.54, 1.807) is 6.20 Å². The minimum atomic E-state index is -0.797. The molecule has 6 rings (SSSR count). The molecule has 4 aromatic rings. The number of aliphatic hydroxyl groups excluding tert-OH is 2. The van der Waals surface area contributed by atoms with E-state index in [1.807, 2.05) is 16.8 Å². The standard InChI is InChI=1S/C27H30N4O2/c32-25-20(14-24(26(25)33)31-11-10-21-15-28-16-29-27(21)31)9-7-17-6-8-19-13-18-4-2-1-3-5-22(18)30-23(19)12-17/h6,8,10-13,15-16,20,24-26,32-33H,1-5,7,9,14H2/t20-,24+,25+,26-/m0/s1. The maximum absolute atomic E-state index is 10.8. The van der Waals surface area contributed by atoms with Crippen LogP contribution in [0.2, 0.25) is 0 Å². The summed E-state index contributed by atoms with van der Waals surface area (Å²) in [5.41, 5.74) is 5.83. The third kappa shape index (κ3) is 3.81. The molecule has 0 spiro atoms. The van der Waals surface area contributed by atoms with Crippen molar-refractivity contribution in [3.8, 4) is 0 Å². The van der Waals surface area contributed by atoms with E-state index in [0.29, 0.717) is 0 Å². The van der Waals surface area contributed by atoms with Crippen LogP contribution >= 0.6 is 0 Å². The Morgan fingerprint density at radius 3 is 2.82 bits per heavy atom. The summed E-state index contributed by atoms with van der Waals surface area (Å²) >= 11 is 0. The van der Waals surface area contributed by atoms with Crippen molar-refractivity contribution in [2.24, 2.45) is 5.92 Å². The number of hydrogen-bond acceptors (Lipinski definition) is 5. The van der Waals surface area contributed by atoms with Gasteiger partial charge in [-0.1, -0.05) is 18.6 Å². The van der Waals surface area contributed by atoms with Crippen molar-refractivity contribution in [1.29, 1.82) is 0 Å². The first-order chi connectivity index (χ1) is 16.2. The van der Waals surface area contributed by atoms with Gasteiger partial charge >= 0.3 is 0 Å². The van der Waals surface area contributed by atoms with E-state index in [4.69, 9.17) is 4.98 Å². The Morgan fingerprint density at radius 2 is 1.88 bits per heavy atom. The second-order valence-corrected chi connectivity index (χ2v) is 9.79. The minimum absolute atomic E-state index is 0.0417. The molecule has 1 saturated carbocycles. The lowest BCUT2D eigenvalue weighted by molar-refractivity contribution is 0.00545. The van der Waals surface area contributed by atoms with Gasteiger partial charge in [0.2, 0.25) is 0 Å². The maximum Gasteiger partial charge on any atom is 0.143 e. The molecule has 6 heteroatoms. The summed E-state index contributed by atoms with van der Waals surface area (Å²) in [6.45, 7) is 0. The quantitative estimate of drug-likeness (QED) is 0.464. The fraction of sp³-hybridized carbons (Fsp3) is 0.444. The van der Waals surface area contributed by atoms with E-state index in [1.165, 1.54) is 47.8 Å². The number of hydrogen-bond donors (Lipinski definition) is 2. The molecule has 33 heavy (non-hydrogen) atoms. The van der Waals surface area contributed by atoms with Crippen LogP contribution in [0.1, 0.15) is 55.0 Å². The Balaban J connectivity index is 1.19. The summed E-state index contributed by atoms with van der Waals surface area (Å²) in [5.74, 6) is 0.0417. The van der Waals surface area contributed by atoms with Crippen molar-refractivity contribution in [2.75, 3.05) is 0 Å². The lowest BCUT2D eigenvalue weighted by Gasteiger charge is -2.19. The van der Waals surface area contributed by atoms with Crippen molar-refractivity contribution in [3.63, 3.8) is 0 Å². The number of aromatic nitrogens is 4. The second kappa shape index (κ2) is 8.50. The maximum atomic E-state index is 10.8. The van der Waals surface area contributed by atoms with Crippen molar-refractivity contribution in [3.05, 3.63) is 65.9 Å². The molecule has 0 bridgehead atoms.